The molecule has 0 aliphatic heterocycles. The van der Waals surface area contributed by atoms with E-state index in [0.717, 1.165) is 4.90 Å². The molecule has 18 heavy (non-hydrogen) atoms. The molecule has 0 fully saturated rings. The molecule has 0 unspecified atom stereocenters. The van der Waals surface area contributed by atoms with Crippen LogP contribution in [0.4, 0.5) is 13.2 Å². The van der Waals surface area contributed by atoms with Gasteiger partial charge in [0.05, 0.1) is 6.54 Å². The Morgan fingerprint density at radius 3 is 2.11 bits per heavy atom. The first-order valence-corrected chi connectivity index (χ1v) is 5.42. The Hall–Kier alpha value is -1.31. The number of carbonyl (C=O) groups is 2. The van der Waals surface area contributed by atoms with Gasteiger partial charge in [0.25, 0.3) is 0 Å². The van der Waals surface area contributed by atoms with E-state index in [-0.39, 0.29) is 6.54 Å². The lowest BCUT2D eigenvalue weighted by atomic mass is 10.4. The van der Waals surface area contributed by atoms with Crippen molar-refractivity contribution in [2.45, 2.75) is 13.1 Å². The maximum Gasteiger partial charge on any atom is 0.406 e. The molecule has 0 radical (unpaired) electrons. The number of nitrogens with zero attached hydrogens (tertiary/aromatic N) is 2. The van der Waals surface area contributed by atoms with Gasteiger partial charge >= 0.3 is 6.18 Å². The normalized spacial score (nSPS) is 11.2. The zero-order chi connectivity index (χ0) is 14.3. The van der Waals surface area contributed by atoms with Crippen LogP contribution >= 0.6 is 0 Å². The fourth-order valence-electron chi connectivity index (χ4n) is 1.10. The van der Waals surface area contributed by atoms with Gasteiger partial charge in [0, 0.05) is 14.1 Å². The van der Waals surface area contributed by atoms with E-state index in [1.807, 2.05) is 0 Å². The minimum atomic E-state index is -4.52. The van der Waals surface area contributed by atoms with E-state index >= 15 is 0 Å². The van der Waals surface area contributed by atoms with Crippen LogP contribution in [0.2, 0.25) is 0 Å². The molecule has 0 heterocycles. The summed E-state index contributed by atoms with van der Waals surface area (Å²) in [5.74, 6) is -1.30. The maximum absolute atomic E-state index is 12.3. The minimum absolute atomic E-state index is 0.215. The van der Waals surface area contributed by atoms with Crippen LogP contribution in [0.1, 0.15) is 6.92 Å². The highest BCUT2D eigenvalue weighted by Crippen LogP contribution is 2.16. The van der Waals surface area contributed by atoms with Crippen LogP contribution in [-0.4, -0.2) is 68.1 Å². The molecule has 0 aliphatic carbocycles. The summed E-state index contributed by atoms with van der Waals surface area (Å²) < 4.78 is 36.9. The molecule has 0 saturated carbocycles. The van der Waals surface area contributed by atoms with E-state index < -0.39 is 31.1 Å². The zero-order valence-corrected chi connectivity index (χ0v) is 10.7. The molecule has 0 bridgehead atoms. The Labute approximate surface area is 104 Å². The monoisotopic (exact) mass is 269 g/mol. The fraction of sp³-hybridized carbons (Fsp3) is 0.800. The number of amides is 2. The number of nitrogens with one attached hydrogen (secondary N) is 1. The zero-order valence-electron chi connectivity index (χ0n) is 10.7. The van der Waals surface area contributed by atoms with Crippen LogP contribution in [0, 0.1) is 0 Å². The second-order valence-electron chi connectivity index (χ2n) is 3.93. The highest BCUT2D eigenvalue weighted by Gasteiger charge is 2.33. The molecule has 0 rings (SSSR count). The summed E-state index contributed by atoms with van der Waals surface area (Å²) >= 11 is 0. The van der Waals surface area contributed by atoms with Gasteiger partial charge in [0.15, 0.2) is 0 Å². The summed E-state index contributed by atoms with van der Waals surface area (Å²) in [6.45, 7) is -0.0135. The summed E-state index contributed by atoms with van der Waals surface area (Å²) in [6.07, 6.45) is -4.52. The Morgan fingerprint density at radius 1 is 1.17 bits per heavy atom. The van der Waals surface area contributed by atoms with E-state index in [0.29, 0.717) is 11.4 Å². The Bertz CT molecular complexity index is 293. The van der Waals surface area contributed by atoms with E-state index in [2.05, 4.69) is 5.32 Å². The first-order valence-electron chi connectivity index (χ1n) is 5.42. The molecule has 0 aromatic rings. The number of hydrogen-bond acceptors (Lipinski definition) is 3. The van der Waals surface area contributed by atoms with Crippen molar-refractivity contribution in [1.29, 1.82) is 0 Å². The largest absolute Gasteiger partial charge is 0.406 e. The summed E-state index contributed by atoms with van der Waals surface area (Å²) in [6, 6.07) is 0. The highest BCUT2D eigenvalue weighted by atomic mass is 19.4. The summed E-state index contributed by atoms with van der Waals surface area (Å²) in [5.41, 5.74) is 0. The van der Waals surface area contributed by atoms with E-state index in [1.165, 1.54) is 14.1 Å². The molecule has 0 aromatic heterocycles. The van der Waals surface area contributed by atoms with Crippen LogP contribution < -0.4 is 5.32 Å². The van der Waals surface area contributed by atoms with Crippen LogP contribution in [0.15, 0.2) is 0 Å². The predicted octanol–water partition coefficient (Wildman–Crippen LogP) is 0.0750. The van der Waals surface area contributed by atoms with E-state index in [4.69, 9.17) is 0 Å². The average molecular weight is 269 g/mol. The number of carbonyl (C=O) groups excluding carboxylic acids is 2. The first-order chi connectivity index (χ1) is 8.17. The number of likely N-dealkylation sites (N-methyl/N-ethyl adjacent to an activating group) is 2. The number of hydrogen-bond donors (Lipinski definition) is 1. The molecule has 5 nitrogen and oxygen atoms in total. The molecule has 0 aliphatic rings. The van der Waals surface area contributed by atoms with E-state index in [1.54, 1.807) is 6.92 Å². The van der Waals surface area contributed by atoms with Gasteiger partial charge in [0.2, 0.25) is 11.8 Å². The second-order valence-corrected chi connectivity index (χ2v) is 3.93. The van der Waals surface area contributed by atoms with Crippen LogP contribution in [0.3, 0.4) is 0 Å². The minimum Gasteiger partial charge on any atom is -0.347 e. The molecule has 1 N–H and O–H groups in total. The van der Waals surface area contributed by atoms with Gasteiger partial charge in [-0.15, -0.1) is 0 Å². The molecule has 106 valence electrons. The second kappa shape index (κ2) is 7.20. The van der Waals surface area contributed by atoms with Gasteiger partial charge in [-0.2, -0.15) is 13.2 Å². The number of rotatable bonds is 6. The summed E-state index contributed by atoms with van der Waals surface area (Å²) in [5, 5.41) is 2.63. The van der Waals surface area contributed by atoms with Crippen molar-refractivity contribution in [3.05, 3.63) is 0 Å². The molecule has 2 amide bonds. The van der Waals surface area contributed by atoms with Crippen molar-refractivity contribution < 1.29 is 22.8 Å². The Morgan fingerprint density at radius 2 is 1.72 bits per heavy atom. The molecule has 0 saturated heterocycles. The lowest BCUT2D eigenvalue weighted by Gasteiger charge is -2.24. The topological polar surface area (TPSA) is 52.7 Å². The average Bonchev–Trinajstić information content (AvgIpc) is 2.22. The standard InChI is InChI=1S/C10H18F3N3O2/c1-4-14-5-8(17)16(7-10(11,12)13)6-9(18)15(2)3/h14H,4-7H2,1-3H3. The van der Waals surface area contributed by atoms with Crippen LogP contribution in [0.5, 0.6) is 0 Å². The van der Waals surface area contributed by atoms with Crippen molar-refractivity contribution in [2.75, 3.05) is 40.3 Å². The molecule has 0 atom stereocenters. The smallest absolute Gasteiger partial charge is 0.347 e. The molecule has 0 spiro atoms. The van der Waals surface area contributed by atoms with Crippen molar-refractivity contribution >= 4 is 11.8 Å². The van der Waals surface area contributed by atoms with Gasteiger partial charge in [-0.05, 0) is 6.54 Å². The number of halogens is 3. The third-order valence-corrected chi connectivity index (χ3v) is 2.07. The quantitative estimate of drug-likeness (QED) is 0.742. The van der Waals surface area contributed by atoms with Crippen molar-refractivity contribution in [1.82, 2.24) is 15.1 Å². The maximum atomic E-state index is 12.3. The third-order valence-electron chi connectivity index (χ3n) is 2.07. The highest BCUT2D eigenvalue weighted by molar-refractivity contribution is 5.85. The van der Waals surface area contributed by atoms with Crippen molar-refractivity contribution in [3.8, 4) is 0 Å². The molecular weight excluding hydrogens is 251 g/mol. The van der Waals surface area contributed by atoms with Crippen LogP contribution in [-0.2, 0) is 9.59 Å². The lowest BCUT2D eigenvalue weighted by Crippen LogP contribution is -2.47. The predicted molar refractivity (Wildman–Crippen MR) is 59.9 cm³/mol. The van der Waals surface area contributed by atoms with Crippen LogP contribution in [0.25, 0.3) is 0 Å². The SMILES string of the molecule is CCNCC(=O)N(CC(=O)N(C)C)CC(F)(F)F. The van der Waals surface area contributed by atoms with Crippen molar-refractivity contribution in [3.63, 3.8) is 0 Å². The summed E-state index contributed by atoms with van der Waals surface area (Å²) in [4.78, 5) is 24.5. The third kappa shape index (κ3) is 7.10. The van der Waals surface area contributed by atoms with E-state index in [9.17, 15) is 22.8 Å². The van der Waals surface area contributed by atoms with Crippen molar-refractivity contribution in [2.24, 2.45) is 0 Å². The molecular formula is C10H18F3N3O2. The number of alkyl halides is 3. The van der Waals surface area contributed by atoms with Gasteiger partial charge < -0.3 is 15.1 Å². The molecule has 8 heteroatoms. The van der Waals surface area contributed by atoms with Gasteiger partial charge in [-0.1, -0.05) is 6.92 Å². The van der Waals surface area contributed by atoms with Gasteiger partial charge in [-0.3, -0.25) is 9.59 Å². The van der Waals surface area contributed by atoms with Gasteiger partial charge in [0.1, 0.15) is 13.1 Å². The summed E-state index contributed by atoms with van der Waals surface area (Å²) in [7, 11) is 2.84. The fourth-order valence-corrected chi connectivity index (χ4v) is 1.10. The van der Waals surface area contributed by atoms with Gasteiger partial charge in [-0.25, -0.2) is 0 Å². The Balaban J connectivity index is 4.61. The lowest BCUT2D eigenvalue weighted by molar-refractivity contribution is -0.163. The molecule has 0 aromatic carbocycles. The Kier molecular flexibility index (Phi) is 6.67. The first kappa shape index (κ1) is 16.7.